The van der Waals surface area contributed by atoms with Crippen LogP contribution in [0, 0.1) is 17.0 Å². The van der Waals surface area contributed by atoms with Crippen LogP contribution >= 0.6 is 11.6 Å². The summed E-state index contributed by atoms with van der Waals surface area (Å²) >= 11 is 5.89. The minimum absolute atomic E-state index is 0.0831. The van der Waals surface area contributed by atoms with Crippen molar-refractivity contribution in [3.05, 3.63) is 68.7 Å². The zero-order valence-corrected chi connectivity index (χ0v) is 12.0. The molecule has 0 radical (unpaired) electrons. The van der Waals surface area contributed by atoms with E-state index in [2.05, 4.69) is 29.6 Å². The summed E-state index contributed by atoms with van der Waals surface area (Å²) in [4.78, 5) is 10.2. The van der Waals surface area contributed by atoms with Gasteiger partial charge < -0.3 is 5.32 Å². The van der Waals surface area contributed by atoms with Crippen LogP contribution in [0.1, 0.15) is 24.1 Å². The highest BCUT2D eigenvalue weighted by Crippen LogP contribution is 2.29. The number of halogens is 1. The Hall–Kier alpha value is -2.07. The number of anilines is 1. The molecule has 0 amide bonds. The Bertz CT molecular complexity index is 626. The Balaban J connectivity index is 2.15. The third kappa shape index (κ3) is 3.27. The van der Waals surface area contributed by atoms with Crippen LogP contribution in [0.3, 0.4) is 0 Å². The first-order chi connectivity index (χ1) is 9.47. The number of nitrogens with one attached hydrogen (secondary N) is 1. The van der Waals surface area contributed by atoms with Crippen molar-refractivity contribution in [1.82, 2.24) is 0 Å². The van der Waals surface area contributed by atoms with Crippen LogP contribution in [0.25, 0.3) is 0 Å². The first kappa shape index (κ1) is 14.3. The maximum atomic E-state index is 10.7. The van der Waals surface area contributed by atoms with Gasteiger partial charge in [-0.25, -0.2) is 0 Å². The molecule has 1 N–H and O–H groups in total. The van der Waals surface area contributed by atoms with E-state index in [1.807, 2.05) is 13.8 Å². The molecule has 0 saturated heterocycles. The summed E-state index contributed by atoms with van der Waals surface area (Å²) in [5.41, 5.74) is 3.03. The zero-order chi connectivity index (χ0) is 14.7. The SMILES string of the molecule is Cc1ccc(C(C)Nc2ccc([N+](=O)[O-])c(Cl)c2)cc1. The molecule has 1 atom stereocenters. The molecule has 0 heterocycles. The molecular formula is C15H15ClN2O2. The fourth-order valence-electron chi connectivity index (χ4n) is 1.93. The summed E-state index contributed by atoms with van der Waals surface area (Å²) in [6, 6.07) is 13.0. The Morgan fingerprint density at radius 3 is 2.40 bits per heavy atom. The van der Waals surface area contributed by atoms with Gasteiger partial charge in [0.1, 0.15) is 5.02 Å². The van der Waals surface area contributed by atoms with Gasteiger partial charge in [-0.3, -0.25) is 10.1 Å². The van der Waals surface area contributed by atoms with E-state index in [0.717, 1.165) is 11.3 Å². The molecule has 0 aliphatic rings. The molecule has 0 fully saturated rings. The maximum Gasteiger partial charge on any atom is 0.288 e. The lowest BCUT2D eigenvalue weighted by Crippen LogP contribution is -2.06. The first-order valence-corrected chi connectivity index (χ1v) is 6.62. The number of nitro benzene ring substituents is 1. The topological polar surface area (TPSA) is 55.2 Å². The predicted octanol–water partition coefficient (Wildman–Crippen LogP) is 4.73. The molecule has 0 saturated carbocycles. The van der Waals surface area contributed by atoms with E-state index in [4.69, 9.17) is 11.6 Å². The molecule has 2 aromatic rings. The second-order valence-electron chi connectivity index (χ2n) is 4.70. The zero-order valence-electron chi connectivity index (χ0n) is 11.3. The Morgan fingerprint density at radius 2 is 1.85 bits per heavy atom. The van der Waals surface area contributed by atoms with E-state index in [0.29, 0.717) is 0 Å². The van der Waals surface area contributed by atoms with E-state index in [1.165, 1.54) is 11.6 Å². The van der Waals surface area contributed by atoms with Crippen LogP contribution in [0.5, 0.6) is 0 Å². The minimum Gasteiger partial charge on any atom is -0.378 e. The van der Waals surface area contributed by atoms with Crippen molar-refractivity contribution in [2.24, 2.45) is 0 Å². The van der Waals surface area contributed by atoms with Crippen LogP contribution in [0.15, 0.2) is 42.5 Å². The van der Waals surface area contributed by atoms with Crippen LogP contribution < -0.4 is 5.32 Å². The van der Waals surface area contributed by atoms with Gasteiger partial charge in [-0.15, -0.1) is 0 Å². The number of nitrogens with zero attached hydrogens (tertiary/aromatic N) is 1. The number of nitro groups is 1. The average molecular weight is 291 g/mol. The molecule has 0 aromatic heterocycles. The van der Waals surface area contributed by atoms with Crippen molar-refractivity contribution in [3.63, 3.8) is 0 Å². The van der Waals surface area contributed by atoms with Crippen molar-refractivity contribution < 1.29 is 4.92 Å². The fraction of sp³-hybridized carbons (Fsp3) is 0.200. The monoisotopic (exact) mass is 290 g/mol. The van der Waals surface area contributed by atoms with E-state index in [-0.39, 0.29) is 16.8 Å². The summed E-state index contributed by atoms with van der Waals surface area (Å²) in [5.74, 6) is 0. The predicted molar refractivity (Wildman–Crippen MR) is 81.3 cm³/mol. The molecule has 4 nitrogen and oxygen atoms in total. The lowest BCUT2D eigenvalue weighted by molar-refractivity contribution is -0.384. The van der Waals surface area contributed by atoms with Crippen molar-refractivity contribution in [3.8, 4) is 0 Å². The number of hydrogen-bond acceptors (Lipinski definition) is 3. The van der Waals surface area contributed by atoms with Gasteiger partial charge in [0, 0.05) is 17.8 Å². The molecule has 104 valence electrons. The molecule has 2 aromatic carbocycles. The van der Waals surface area contributed by atoms with Gasteiger partial charge in [0.05, 0.1) is 4.92 Å². The molecule has 0 spiro atoms. The summed E-state index contributed by atoms with van der Waals surface area (Å²) in [6.07, 6.45) is 0. The van der Waals surface area contributed by atoms with E-state index in [1.54, 1.807) is 12.1 Å². The Kier molecular flexibility index (Phi) is 4.25. The number of benzene rings is 2. The molecule has 2 rings (SSSR count). The maximum absolute atomic E-state index is 10.7. The summed E-state index contributed by atoms with van der Waals surface area (Å²) in [7, 11) is 0. The van der Waals surface area contributed by atoms with Crippen LogP contribution in [-0.2, 0) is 0 Å². The molecule has 0 aliphatic heterocycles. The lowest BCUT2D eigenvalue weighted by atomic mass is 10.1. The van der Waals surface area contributed by atoms with Crippen LogP contribution in [-0.4, -0.2) is 4.92 Å². The highest BCUT2D eigenvalue weighted by atomic mass is 35.5. The molecule has 1 unspecified atom stereocenters. The summed E-state index contributed by atoms with van der Waals surface area (Å²) < 4.78 is 0. The summed E-state index contributed by atoms with van der Waals surface area (Å²) in [6.45, 7) is 4.07. The van der Waals surface area contributed by atoms with Gasteiger partial charge >= 0.3 is 0 Å². The number of rotatable bonds is 4. The van der Waals surface area contributed by atoms with E-state index >= 15 is 0 Å². The highest BCUT2D eigenvalue weighted by molar-refractivity contribution is 6.32. The van der Waals surface area contributed by atoms with Gasteiger partial charge in [0.2, 0.25) is 0 Å². The molecular weight excluding hydrogens is 276 g/mol. The van der Waals surface area contributed by atoms with Gasteiger partial charge in [-0.05, 0) is 31.5 Å². The second kappa shape index (κ2) is 5.92. The second-order valence-corrected chi connectivity index (χ2v) is 5.11. The average Bonchev–Trinajstić information content (AvgIpc) is 2.39. The third-order valence-corrected chi connectivity index (χ3v) is 3.41. The van der Waals surface area contributed by atoms with Crippen molar-refractivity contribution in [2.75, 3.05) is 5.32 Å². The number of aryl methyl sites for hydroxylation is 1. The van der Waals surface area contributed by atoms with Gasteiger partial charge in [-0.2, -0.15) is 0 Å². The van der Waals surface area contributed by atoms with Crippen molar-refractivity contribution in [1.29, 1.82) is 0 Å². The van der Waals surface area contributed by atoms with Crippen LogP contribution in [0.4, 0.5) is 11.4 Å². The molecule has 5 heteroatoms. The smallest absolute Gasteiger partial charge is 0.288 e. The third-order valence-electron chi connectivity index (χ3n) is 3.10. The highest BCUT2D eigenvalue weighted by Gasteiger charge is 2.13. The number of hydrogen-bond donors (Lipinski definition) is 1. The molecule has 20 heavy (non-hydrogen) atoms. The molecule has 0 aliphatic carbocycles. The largest absolute Gasteiger partial charge is 0.378 e. The fourth-order valence-corrected chi connectivity index (χ4v) is 2.18. The lowest BCUT2D eigenvalue weighted by Gasteiger charge is -2.16. The Labute approximate surface area is 122 Å². The van der Waals surface area contributed by atoms with Crippen LogP contribution in [0.2, 0.25) is 5.02 Å². The minimum atomic E-state index is -0.491. The first-order valence-electron chi connectivity index (χ1n) is 6.24. The van der Waals surface area contributed by atoms with Gasteiger partial charge in [0.25, 0.3) is 5.69 Å². The van der Waals surface area contributed by atoms with Gasteiger partial charge in [-0.1, -0.05) is 41.4 Å². The quantitative estimate of drug-likeness (QED) is 0.654. The van der Waals surface area contributed by atoms with Gasteiger partial charge in [0.15, 0.2) is 0 Å². The standard InChI is InChI=1S/C15H15ClN2O2/c1-10-3-5-12(6-4-10)11(2)17-13-7-8-15(18(19)20)14(16)9-13/h3-9,11,17H,1-2H3. The Morgan fingerprint density at radius 1 is 1.20 bits per heavy atom. The normalized spacial score (nSPS) is 11.9. The van der Waals surface area contributed by atoms with E-state index < -0.39 is 4.92 Å². The molecule has 0 bridgehead atoms. The summed E-state index contributed by atoms with van der Waals surface area (Å²) in [5, 5.41) is 14.1. The van der Waals surface area contributed by atoms with Crippen molar-refractivity contribution in [2.45, 2.75) is 19.9 Å². The van der Waals surface area contributed by atoms with Crippen molar-refractivity contribution >= 4 is 23.0 Å². The van der Waals surface area contributed by atoms with E-state index in [9.17, 15) is 10.1 Å².